The average molecular weight is 380 g/mol. The monoisotopic (exact) mass is 379 g/mol. The summed E-state index contributed by atoms with van der Waals surface area (Å²) in [6, 6.07) is 7.62. The molecule has 1 amide bonds. The highest BCUT2D eigenvalue weighted by atomic mass is 79.9. The van der Waals surface area contributed by atoms with Gasteiger partial charge in [0, 0.05) is 10.9 Å². The second-order valence-electron chi connectivity index (χ2n) is 5.90. The van der Waals surface area contributed by atoms with E-state index < -0.39 is 5.91 Å². The van der Waals surface area contributed by atoms with Crippen LogP contribution >= 0.6 is 15.9 Å². The molecule has 2 aliphatic rings. The maximum Gasteiger partial charge on any atom is 0.243 e. The molecule has 5 nitrogen and oxygen atoms in total. The molecule has 0 radical (unpaired) electrons. The van der Waals surface area contributed by atoms with Gasteiger partial charge in [0.15, 0.2) is 5.78 Å². The van der Waals surface area contributed by atoms with Crippen molar-refractivity contribution in [2.75, 3.05) is 6.61 Å². The van der Waals surface area contributed by atoms with E-state index in [4.69, 9.17) is 15.2 Å². The van der Waals surface area contributed by atoms with Crippen molar-refractivity contribution >= 4 is 33.2 Å². The molecule has 0 aromatic heterocycles. The van der Waals surface area contributed by atoms with E-state index in [0.717, 1.165) is 16.5 Å². The molecule has 3 rings (SSSR count). The molecule has 1 heterocycles. The van der Waals surface area contributed by atoms with Gasteiger partial charge in [-0.3, -0.25) is 9.59 Å². The van der Waals surface area contributed by atoms with Crippen LogP contribution in [0.1, 0.15) is 24.8 Å². The van der Waals surface area contributed by atoms with Gasteiger partial charge >= 0.3 is 0 Å². The molecular weight excluding hydrogens is 362 g/mol. The fraction of sp³-hybridized carbons (Fsp3) is 0.412. The number of nitrogens with two attached hydrogens (primary N) is 1. The lowest BCUT2D eigenvalue weighted by Crippen LogP contribution is -2.42. The molecule has 2 N–H and O–H groups in total. The first-order valence-electron chi connectivity index (χ1n) is 7.60. The number of rotatable bonds is 4. The summed E-state index contributed by atoms with van der Waals surface area (Å²) in [5.41, 5.74) is 6.58. The molecule has 1 saturated carbocycles. The lowest BCUT2D eigenvalue weighted by molar-refractivity contribution is -0.133. The Morgan fingerprint density at radius 2 is 2.04 bits per heavy atom. The molecule has 122 valence electrons. The van der Waals surface area contributed by atoms with E-state index in [2.05, 4.69) is 15.9 Å². The zero-order valence-electron chi connectivity index (χ0n) is 12.5. The van der Waals surface area contributed by atoms with Crippen molar-refractivity contribution in [3.63, 3.8) is 0 Å². The molecule has 6 heteroatoms. The van der Waals surface area contributed by atoms with Crippen LogP contribution in [-0.4, -0.2) is 30.5 Å². The standard InChI is InChI=1S/C17H18BrNO4/c18-11-3-1-10(2-4-11)14-8-23-15-7-12(22-9-16(19)20)5-6-13(15)17(14)21/h1-4,8,12-13,15H,5-7,9H2,(H2,19,20). The van der Waals surface area contributed by atoms with Gasteiger partial charge in [-0.15, -0.1) is 0 Å². The van der Waals surface area contributed by atoms with E-state index in [1.54, 1.807) is 6.26 Å². The molecule has 0 saturated heterocycles. The van der Waals surface area contributed by atoms with Crippen LogP contribution in [0.2, 0.25) is 0 Å². The van der Waals surface area contributed by atoms with E-state index >= 15 is 0 Å². The molecule has 1 aliphatic heterocycles. The third-order valence-electron chi connectivity index (χ3n) is 4.32. The lowest BCUT2D eigenvalue weighted by atomic mass is 9.78. The summed E-state index contributed by atoms with van der Waals surface area (Å²) < 4.78 is 12.2. The largest absolute Gasteiger partial charge is 0.496 e. The Morgan fingerprint density at radius 1 is 1.30 bits per heavy atom. The van der Waals surface area contributed by atoms with Crippen LogP contribution < -0.4 is 5.73 Å². The number of ether oxygens (including phenoxy) is 2. The Labute approximate surface area is 143 Å². The van der Waals surface area contributed by atoms with Crippen molar-refractivity contribution < 1.29 is 19.1 Å². The number of ketones is 1. The van der Waals surface area contributed by atoms with E-state index in [1.807, 2.05) is 24.3 Å². The summed E-state index contributed by atoms with van der Waals surface area (Å²) in [5, 5.41) is 0. The molecule has 1 aliphatic carbocycles. The topological polar surface area (TPSA) is 78.6 Å². The minimum Gasteiger partial charge on any atom is -0.496 e. The maximum absolute atomic E-state index is 12.7. The molecule has 1 aromatic carbocycles. The highest BCUT2D eigenvalue weighted by Crippen LogP contribution is 2.37. The predicted octanol–water partition coefficient (Wildman–Crippen LogP) is 2.43. The summed E-state index contributed by atoms with van der Waals surface area (Å²) in [6.45, 7) is -0.0873. The summed E-state index contributed by atoms with van der Waals surface area (Å²) in [5.74, 6) is -0.505. The molecule has 23 heavy (non-hydrogen) atoms. The Kier molecular flexibility index (Phi) is 4.82. The minimum absolute atomic E-state index is 0.0841. The fourth-order valence-electron chi connectivity index (χ4n) is 3.15. The van der Waals surface area contributed by atoms with Crippen molar-refractivity contribution in [1.29, 1.82) is 0 Å². The quantitative estimate of drug-likeness (QED) is 0.870. The number of hydrogen-bond donors (Lipinski definition) is 1. The normalized spacial score (nSPS) is 26.9. The van der Waals surface area contributed by atoms with Gasteiger partial charge in [-0.1, -0.05) is 28.1 Å². The minimum atomic E-state index is -0.481. The third-order valence-corrected chi connectivity index (χ3v) is 4.85. The van der Waals surface area contributed by atoms with E-state index in [0.29, 0.717) is 18.4 Å². The number of Topliss-reactive ketones (excluding diaryl/α,β-unsaturated/α-hetero) is 1. The molecule has 1 aromatic rings. The Hall–Kier alpha value is -1.66. The summed E-state index contributed by atoms with van der Waals surface area (Å²) in [6.07, 6.45) is 3.32. The van der Waals surface area contributed by atoms with Gasteiger partial charge in [0.2, 0.25) is 5.91 Å². The van der Waals surface area contributed by atoms with Crippen LogP contribution in [-0.2, 0) is 19.1 Å². The van der Waals surface area contributed by atoms with Crippen LogP contribution in [0.5, 0.6) is 0 Å². The first-order chi connectivity index (χ1) is 11.0. The van der Waals surface area contributed by atoms with Gasteiger partial charge in [-0.05, 0) is 30.5 Å². The van der Waals surface area contributed by atoms with Gasteiger partial charge in [-0.2, -0.15) is 0 Å². The zero-order valence-corrected chi connectivity index (χ0v) is 14.1. The average Bonchev–Trinajstić information content (AvgIpc) is 2.54. The summed E-state index contributed by atoms with van der Waals surface area (Å²) in [4.78, 5) is 23.5. The van der Waals surface area contributed by atoms with E-state index in [1.165, 1.54) is 0 Å². The first-order valence-corrected chi connectivity index (χ1v) is 8.39. The Bertz CT molecular complexity index is 640. The number of carbonyl (C=O) groups excluding carboxylic acids is 2. The summed E-state index contributed by atoms with van der Waals surface area (Å²) >= 11 is 3.39. The number of carbonyl (C=O) groups is 2. The summed E-state index contributed by atoms with van der Waals surface area (Å²) in [7, 11) is 0. The Balaban J connectivity index is 1.70. The van der Waals surface area contributed by atoms with Gasteiger partial charge in [0.1, 0.15) is 12.7 Å². The second-order valence-corrected chi connectivity index (χ2v) is 6.81. The van der Waals surface area contributed by atoms with Crippen molar-refractivity contribution in [2.24, 2.45) is 11.7 Å². The number of primary amides is 1. The first kappa shape index (κ1) is 16.2. The highest BCUT2D eigenvalue weighted by molar-refractivity contribution is 9.10. The maximum atomic E-state index is 12.7. The lowest BCUT2D eigenvalue weighted by Gasteiger charge is -2.37. The van der Waals surface area contributed by atoms with Gasteiger partial charge in [-0.25, -0.2) is 0 Å². The number of allylic oxidation sites excluding steroid dienone is 1. The van der Waals surface area contributed by atoms with Crippen molar-refractivity contribution in [3.05, 3.63) is 40.6 Å². The number of amides is 1. The van der Waals surface area contributed by atoms with Crippen molar-refractivity contribution in [2.45, 2.75) is 31.5 Å². The Morgan fingerprint density at radius 3 is 2.74 bits per heavy atom. The highest BCUT2D eigenvalue weighted by Gasteiger charge is 2.40. The van der Waals surface area contributed by atoms with Crippen LogP contribution in [0.25, 0.3) is 5.57 Å². The number of halogens is 1. The van der Waals surface area contributed by atoms with Crippen LogP contribution in [0.4, 0.5) is 0 Å². The molecule has 0 spiro atoms. The smallest absolute Gasteiger partial charge is 0.243 e. The second kappa shape index (κ2) is 6.84. The molecule has 3 unspecified atom stereocenters. The number of hydrogen-bond acceptors (Lipinski definition) is 4. The van der Waals surface area contributed by atoms with Crippen molar-refractivity contribution in [3.8, 4) is 0 Å². The SMILES string of the molecule is NC(=O)COC1CCC2C(=O)C(c3ccc(Br)cc3)=COC2C1. The molecule has 0 bridgehead atoms. The number of benzene rings is 1. The van der Waals surface area contributed by atoms with Crippen molar-refractivity contribution in [1.82, 2.24) is 0 Å². The van der Waals surface area contributed by atoms with Crippen LogP contribution in [0, 0.1) is 5.92 Å². The van der Waals surface area contributed by atoms with Crippen LogP contribution in [0.3, 0.4) is 0 Å². The molecule has 1 fully saturated rings. The third kappa shape index (κ3) is 3.64. The van der Waals surface area contributed by atoms with E-state index in [-0.39, 0.29) is 30.5 Å². The van der Waals surface area contributed by atoms with Gasteiger partial charge in [0.05, 0.1) is 23.9 Å². The number of fused-ring (bicyclic) bond motifs is 1. The zero-order chi connectivity index (χ0) is 16.4. The fourth-order valence-corrected chi connectivity index (χ4v) is 3.41. The van der Waals surface area contributed by atoms with E-state index in [9.17, 15) is 9.59 Å². The molecule has 3 atom stereocenters. The predicted molar refractivity (Wildman–Crippen MR) is 88.3 cm³/mol. The van der Waals surface area contributed by atoms with Crippen LogP contribution in [0.15, 0.2) is 35.0 Å². The van der Waals surface area contributed by atoms with Gasteiger partial charge in [0.25, 0.3) is 0 Å². The van der Waals surface area contributed by atoms with Gasteiger partial charge < -0.3 is 15.2 Å². The molecular formula is C17H18BrNO4.